The summed E-state index contributed by atoms with van der Waals surface area (Å²) in [7, 11) is 0. The van der Waals surface area contributed by atoms with Gasteiger partial charge >= 0.3 is 0 Å². The minimum atomic E-state index is -0.0281. The van der Waals surface area contributed by atoms with Crippen molar-refractivity contribution in [2.24, 2.45) is 35.5 Å². The van der Waals surface area contributed by atoms with Gasteiger partial charge in [-0.25, -0.2) is 0 Å². The lowest BCUT2D eigenvalue weighted by Gasteiger charge is -2.45. The molecule has 146 valence electrons. The molecular formula is C24H44O. The van der Waals surface area contributed by atoms with Crippen molar-refractivity contribution in [3.05, 3.63) is 0 Å². The van der Waals surface area contributed by atoms with Crippen molar-refractivity contribution >= 4 is 0 Å². The van der Waals surface area contributed by atoms with Gasteiger partial charge in [0.1, 0.15) is 0 Å². The molecule has 0 aliphatic heterocycles. The molecule has 3 saturated carbocycles. The topological polar surface area (TPSA) is 20.2 Å². The Morgan fingerprint density at radius 2 is 1.32 bits per heavy atom. The lowest BCUT2D eigenvalue weighted by molar-refractivity contribution is 0.0332. The standard InChI is InChI=1S/C24H44O/c1-3-5-6-7-18-8-9-23-17-22(15-14-21(23)16-18)19-10-12-20(13-11-19)24(25)4-2/h18-25H,3-17H2,1-2H3/t18-,19?,20?,21-,22+,23+,24?/m0/s1. The van der Waals surface area contributed by atoms with E-state index in [0.717, 1.165) is 36.0 Å². The molecule has 1 unspecified atom stereocenters. The molecule has 0 aromatic carbocycles. The van der Waals surface area contributed by atoms with E-state index in [1.165, 1.54) is 70.6 Å². The van der Waals surface area contributed by atoms with Crippen LogP contribution in [0, 0.1) is 35.5 Å². The number of aliphatic hydroxyl groups excluding tert-OH is 1. The molecule has 25 heavy (non-hydrogen) atoms. The van der Waals surface area contributed by atoms with E-state index in [1.54, 1.807) is 19.3 Å². The lowest BCUT2D eigenvalue weighted by atomic mass is 9.60. The second-order valence-corrected chi connectivity index (χ2v) is 9.92. The monoisotopic (exact) mass is 348 g/mol. The third-order valence-corrected chi connectivity index (χ3v) is 8.42. The summed E-state index contributed by atoms with van der Waals surface area (Å²) in [6, 6.07) is 0. The molecule has 0 spiro atoms. The van der Waals surface area contributed by atoms with Crippen LogP contribution in [-0.4, -0.2) is 11.2 Å². The number of unbranched alkanes of at least 4 members (excludes halogenated alkanes) is 2. The van der Waals surface area contributed by atoms with Gasteiger partial charge in [0, 0.05) is 0 Å². The van der Waals surface area contributed by atoms with Gasteiger partial charge in [0.2, 0.25) is 0 Å². The number of hydrogen-bond acceptors (Lipinski definition) is 1. The first-order valence-electron chi connectivity index (χ1n) is 11.9. The highest BCUT2D eigenvalue weighted by molar-refractivity contribution is 4.90. The Balaban J connectivity index is 1.41. The van der Waals surface area contributed by atoms with Crippen LogP contribution in [0.2, 0.25) is 0 Å². The van der Waals surface area contributed by atoms with Gasteiger partial charge in [-0.15, -0.1) is 0 Å². The summed E-state index contributed by atoms with van der Waals surface area (Å²) < 4.78 is 0. The third kappa shape index (κ3) is 5.24. The summed E-state index contributed by atoms with van der Waals surface area (Å²) in [5, 5.41) is 10.1. The molecule has 0 aromatic rings. The predicted octanol–water partition coefficient (Wildman–Crippen LogP) is 6.98. The lowest BCUT2D eigenvalue weighted by Crippen LogP contribution is -2.35. The van der Waals surface area contributed by atoms with Gasteiger partial charge in [0.05, 0.1) is 6.10 Å². The van der Waals surface area contributed by atoms with Crippen LogP contribution in [-0.2, 0) is 0 Å². The van der Waals surface area contributed by atoms with Crippen LogP contribution in [0.15, 0.2) is 0 Å². The van der Waals surface area contributed by atoms with E-state index in [-0.39, 0.29) is 6.10 Å². The fourth-order valence-corrected chi connectivity index (χ4v) is 6.73. The van der Waals surface area contributed by atoms with Gasteiger partial charge in [0.15, 0.2) is 0 Å². The molecule has 5 atom stereocenters. The molecule has 0 bridgehead atoms. The normalized spacial score (nSPS) is 40.4. The Bertz CT molecular complexity index is 370. The second-order valence-electron chi connectivity index (χ2n) is 9.92. The van der Waals surface area contributed by atoms with Crippen molar-refractivity contribution in [1.29, 1.82) is 0 Å². The quantitative estimate of drug-likeness (QED) is 0.492. The van der Waals surface area contributed by atoms with E-state index < -0.39 is 0 Å². The molecule has 0 radical (unpaired) electrons. The highest BCUT2D eigenvalue weighted by atomic mass is 16.3. The summed E-state index contributed by atoms with van der Waals surface area (Å²) in [5.41, 5.74) is 0. The first-order valence-corrected chi connectivity index (χ1v) is 11.9. The molecule has 1 heteroatoms. The number of rotatable bonds is 7. The van der Waals surface area contributed by atoms with Gasteiger partial charge in [0.25, 0.3) is 0 Å². The molecule has 0 heterocycles. The maximum atomic E-state index is 10.1. The van der Waals surface area contributed by atoms with Crippen molar-refractivity contribution in [3.63, 3.8) is 0 Å². The van der Waals surface area contributed by atoms with Crippen LogP contribution in [0.25, 0.3) is 0 Å². The zero-order valence-corrected chi connectivity index (χ0v) is 17.1. The first-order chi connectivity index (χ1) is 12.2. The SMILES string of the molecule is CCCCC[C@H]1CC[C@@H]2C[C@H](C3CCC(C(O)CC)CC3)CC[C@H]2C1. The Morgan fingerprint density at radius 1 is 0.720 bits per heavy atom. The molecule has 1 N–H and O–H groups in total. The van der Waals surface area contributed by atoms with Crippen molar-refractivity contribution < 1.29 is 5.11 Å². The third-order valence-electron chi connectivity index (χ3n) is 8.42. The molecule has 0 saturated heterocycles. The number of hydrogen-bond donors (Lipinski definition) is 1. The van der Waals surface area contributed by atoms with Gasteiger partial charge in [-0.2, -0.15) is 0 Å². The minimum Gasteiger partial charge on any atom is -0.393 e. The van der Waals surface area contributed by atoms with E-state index in [0.29, 0.717) is 5.92 Å². The number of aliphatic hydroxyl groups is 1. The minimum absolute atomic E-state index is 0.0281. The highest BCUT2D eigenvalue weighted by Crippen LogP contribution is 2.49. The van der Waals surface area contributed by atoms with Gasteiger partial charge < -0.3 is 5.11 Å². The fourth-order valence-electron chi connectivity index (χ4n) is 6.73. The Hall–Kier alpha value is -0.0400. The van der Waals surface area contributed by atoms with Crippen molar-refractivity contribution in [2.75, 3.05) is 0 Å². The molecule has 3 aliphatic rings. The van der Waals surface area contributed by atoms with Crippen LogP contribution < -0.4 is 0 Å². The van der Waals surface area contributed by atoms with Gasteiger partial charge in [-0.3, -0.25) is 0 Å². The summed E-state index contributed by atoms with van der Waals surface area (Å²) >= 11 is 0. The summed E-state index contributed by atoms with van der Waals surface area (Å²) in [6.07, 6.45) is 21.4. The highest BCUT2D eigenvalue weighted by Gasteiger charge is 2.39. The smallest absolute Gasteiger partial charge is 0.0565 e. The molecule has 1 nitrogen and oxygen atoms in total. The second kappa shape index (κ2) is 9.77. The first kappa shape index (κ1) is 19.7. The zero-order chi connectivity index (χ0) is 17.6. The van der Waals surface area contributed by atoms with Crippen LogP contribution in [0.4, 0.5) is 0 Å². The van der Waals surface area contributed by atoms with Crippen LogP contribution in [0.5, 0.6) is 0 Å². The number of fused-ring (bicyclic) bond motifs is 1. The maximum Gasteiger partial charge on any atom is 0.0565 e. The van der Waals surface area contributed by atoms with Crippen molar-refractivity contribution in [2.45, 2.75) is 116 Å². The average molecular weight is 349 g/mol. The molecule has 3 rings (SSSR count). The van der Waals surface area contributed by atoms with Crippen LogP contribution in [0.3, 0.4) is 0 Å². The van der Waals surface area contributed by atoms with Gasteiger partial charge in [-0.1, -0.05) is 46.0 Å². The van der Waals surface area contributed by atoms with Gasteiger partial charge in [-0.05, 0) is 99.7 Å². The van der Waals surface area contributed by atoms with E-state index in [9.17, 15) is 5.11 Å². The average Bonchev–Trinajstić information content (AvgIpc) is 2.67. The zero-order valence-electron chi connectivity index (χ0n) is 17.1. The summed E-state index contributed by atoms with van der Waals surface area (Å²) in [6.45, 7) is 4.46. The van der Waals surface area contributed by atoms with Crippen LogP contribution in [0.1, 0.15) is 110 Å². The van der Waals surface area contributed by atoms with E-state index in [1.807, 2.05) is 0 Å². The summed E-state index contributed by atoms with van der Waals surface area (Å²) in [5.74, 6) is 5.84. The summed E-state index contributed by atoms with van der Waals surface area (Å²) in [4.78, 5) is 0. The fraction of sp³-hybridized carbons (Fsp3) is 1.00. The van der Waals surface area contributed by atoms with E-state index >= 15 is 0 Å². The molecule has 0 aromatic heterocycles. The molecule has 3 fully saturated rings. The Morgan fingerprint density at radius 3 is 2.00 bits per heavy atom. The molecule has 3 aliphatic carbocycles. The Kier molecular flexibility index (Phi) is 7.70. The molecule has 0 amide bonds. The molecular weight excluding hydrogens is 304 g/mol. The van der Waals surface area contributed by atoms with Crippen molar-refractivity contribution in [1.82, 2.24) is 0 Å². The Labute approximate surface area is 157 Å². The van der Waals surface area contributed by atoms with E-state index in [4.69, 9.17) is 0 Å². The van der Waals surface area contributed by atoms with Crippen LogP contribution >= 0.6 is 0 Å². The largest absolute Gasteiger partial charge is 0.393 e. The van der Waals surface area contributed by atoms with Crippen molar-refractivity contribution in [3.8, 4) is 0 Å². The predicted molar refractivity (Wildman–Crippen MR) is 108 cm³/mol. The maximum absolute atomic E-state index is 10.1. The van der Waals surface area contributed by atoms with E-state index in [2.05, 4.69) is 13.8 Å².